The maximum Gasteiger partial charge on any atom is 0.113 e. The van der Waals surface area contributed by atoms with Crippen LogP contribution in [0.1, 0.15) is 24.5 Å². The molecule has 0 aliphatic heterocycles. The smallest absolute Gasteiger partial charge is 0.113 e. The van der Waals surface area contributed by atoms with Crippen molar-refractivity contribution in [3.05, 3.63) is 72.1 Å². The van der Waals surface area contributed by atoms with Crippen LogP contribution in [0.4, 0.5) is 0 Å². The molecule has 24 heavy (non-hydrogen) atoms. The zero-order chi connectivity index (χ0) is 17.1. The molecule has 2 aromatic carbocycles. The number of aromatic nitrogens is 1. The second kappa shape index (κ2) is 6.93. The standard InChI is InChI=1S/C21H24N2O/c1-4-15(2)24-14-17-11-20(18-7-5-6-16(10-18)13-22)19-8-9-23(3)21(19)12-17/h5-12H,2,4,13-14,22H2,1,3H3. The Hall–Kier alpha value is -2.52. The topological polar surface area (TPSA) is 40.2 Å². The Labute approximate surface area is 143 Å². The van der Waals surface area contributed by atoms with E-state index in [1.807, 2.05) is 6.92 Å². The summed E-state index contributed by atoms with van der Waals surface area (Å²) in [5, 5.41) is 1.24. The lowest BCUT2D eigenvalue weighted by Gasteiger charge is -2.12. The molecule has 0 fully saturated rings. The Morgan fingerprint density at radius 3 is 2.75 bits per heavy atom. The third-order valence-electron chi connectivity index (χ3n) is 4.37. The van der Waals surface area contributed by atoms with Gasteiger partial charge in [0, 0.05) is 37.1 Å². The van der Waals surface area contributed by atoms with Crippen LogP contribution in [0.25, 0.3) is 22.0 Å². The highest BCUT2D eigenvalue weighted by Crippen LogP contribution is 2.31. The maximum atomic E-state index is 5.81. The van der Waals surface area contributed by atoms with Gasteiger partial charge in [0.25, 0.3) is 0 Å². The van der Waals surface area contributed by atoms with Crippen LogP contribution in [0.5, 0.6) is 0 Å². The fourth-order valence-corrected chi connectivity index (χ4v) is 2.91. The van der Waals surface area contributed by atoms with Crippen molar-refractivity contribution >= 4 is 10.9 Å². The molecule has 2 N–H and O–H groups in total. The van der Waals surface area contributed by atoms with Crippen molar-refractivity contribution < 1.29 is 4.74 Å². The van der Waals surface area contributed by atoms with E-state index in [2.05, 4.69) is 66.9 Å². The average Bonchev–Trinajstić information content (AvgIpc) is 3.00. The van der Waals surface area contributed by atoms with E-state index in [0.29, 0.717) is 13.2 Å². The highest BCUT2D eigenvalue weighted by molar-refractivity contribution is 5.96. The largest absolute Gasteiger partial charge is 0.494 e. The van der Waals surface area contributed by atoms with Gasteiger partial charge in [-0.05, 0) is 46.5 Å². The molecule has 3 nitrogen and oxygen atoms in total. The Balaban J connectivity index is 2.09. The zero-order valence-corrected chi connectivity index (χ0v) is 14.4. The van der Waals surface area contributed by atoms with Gasteiger partial charge in [0.2, 0.25) is 0 Å². The van der Waals surface area contributed by atoms with Gasteiger partial charge in [-0.2, -0.15) is 0 Å². The second-order valence-electron chi connectivity index (χ2n) is 6.09. The van der Waals surface area contributed by atoms with Gasteiger partial charge in [-0.1, -0.05) is 31.7 Å². The van der Waals surface area contributed by atoms with Gasteiger partial charge < -0.3 is 15.0 Å². The fourth-order valence-electron chi connectivity index (χ4n) is 2.91. The zero-order valence-electron chi connectivity index (χ0n) is 14.4. The van der Waals surface area contributed by atoms with Crippen molar-refractivity contribution in [2.45, 2.75) is 26.5 Å². The molecule has 0 amide bonds. The van der Waals surface area contributed by atoms with E-state index in [-0.39, 0.29) is 0 Å². The summed E-state index contributed by atoms with van der Waals surface area (Å²) in [6.45, 7) is 7.05. The molecule has 0 saturated carbocycles. The minimum atomic E-state index is 0.539. The number of hydrogen-bond donors (Lipinski definition) is 1. The minimum Gasteiger partial charge on any atom is -0.494 e. The summed E-state index contributed by atoms with van der Waals surface area (Å²) < 4.78 is 7.90. The molecular weight excluding hydrogens is 296 g/mol. The van der Waals surface area contributed by atoms with Crippen LogP contribution >= 0.6 is 0 Å². The van der Waals surface area contributed by atoms with Gasteiger partial charge in [-0.3, -0.25) is 0 Å². The van der Waals surface area contributed by atoms with Crippen LogP contribution in [-0.2, 0) is 24.9 Å². The number of aryl methyl sites for hydroxylation is 1. The Morgan fingerprint density at radius 2 is 2.00 bits per heavy atom. The molecule has 124 valence electrons. The van der Waals surface area contributed by atoms with E-state index in [1.165, 1.54) is 22.0 Å². The highest BCUT2D eigenvalue weighted by Gasteiger charge is 2.10. The number of nitrogens with zero attached hydrogens (tertiary/aromatic N) is 1. The summed E-state index contributed by atoms with van der Waals surface area (Å²) in [5.74, 6) is 0.814. The lowest BCUT2D eigenvalue weighted by atomic mass is 9.97. The van der Waals surface area contributed by atoms with Gasteiger partial charge in [0.1, 0.15) is 6.61 Å². The van der Waals surface area contributed by atoms with E-state index < -0.39 is 0 Å². The minimum absolute atomic E-state index is 0.539. The molecule has 0 saturated heterocycles. The number of ether oxygens (including phenoxy) is 1. The van der Waals surface area contributed by atoms with Crippen molar-refractivity contribution in [2.75, 3.05) is 0 Å². The SMILES string of the molecule is C=C(CC)OCc1cc(-c2cccc(CN)c2)c2ccn(C)c2c1. The number of allylic oxidation sites excluding steroid dienone is 1. The Morgan fingerprint density at radius 1 is 1.17 bits per heavy atom. The van der Waals surface area contributed by atoms with Crippen molar-refractivity contribution in [1.29, 1.82) is 0 Å². The number of hydrogen-bond acceptors (Lipinski definition) is 2. The number of nitrogens with two attached hydrogens (primary N) is 1. The molecule has 0 radical (unpaired) electrons. The first-order chi connectivity index (χ1) is 11.6. The van der Waals surface area contributed by atoms with Crippen molar-refractivity contribution in [2.24, 2.45) is 12.8 Å². The molecule has 0 atom stereocenters. The van der Waals surface area contributed by atoms with Gasteiger partial charge >= 0.3 is 0 Å². The fraction of sp³-hybridized carbons (Fsp3) is 0.238. The summed E-state index contributed by atoms with van der Waals surface area (Å²) >= 11 is 0. The van der Waals surface area contributed by atoms with E-state index in [1.54, 1.807) is 0 Å². The molecule has 3 rings (SSSR count). The quantitative estimate of drug-likeness (QED) is 0.666. The first kappa shape index (κ1) is 16.3. The molecule has 1 heterocycles. The molecule has 3 aromatic rings. The van der Waals surface area contributed by atoms with E-state index in [9.17, 15) is 0 Å². The molecule has 3 heteroatoms. The number of fused-ring (bicyclic) bond motifs is 1. The molecule has 0 aliphatic carbocycles. The van der Waals surface area contributed by atoms with Gasteiger partial charge in [-0.25, -0.2) is 0 Å². The van der Waals surface area contributed by atoms with Crippen LogP contribution in [0.15, 0.2) is 61.0 Å². The monoisotopic (exact) mass is 320 g/mol. The summed E-state index contributed by atoms with van der Waals surface area (Å²) in [5.41, 5.74) is 11.7. The summed E-state index contributed by atoms with van der Waals surface area (Å²) in [6, 6.07) is 15.0. The van der Waals surface area contributed by atoms with E-state index in [0.717, 1.165) is 23.3 Å². The van der Waals surface area contributed by atoms with E-state index >= 15 is 0 Å². The van der Waals surface area contributed by atoms with Crippen LogP contribution in [0, 0.1) is 0 Å². The predicted molar refractivity (Wildman–Crippen MR) is 100 cm³/mol. The molecule has 0 aliphatic rings. The Kier molecular flexibility index (Phi) is 4.72. The van der Waals surface area contributed by atoms with Crippen molar-refractivity contribution in [3.8, 4) is 11.1 Å². The van der Waals surface area contributed by atoms with Gasteiger partial charge in [0.15, 0.2) is 0 Å². The molecular formula is C21H24N2O. The lowest BCUT2D eigenvalue weighted by Crippen LogP contribution is -1.97. The molecule has 0 spiro atoms. The summed E-state index contributed by atoms with van der Waals surface area (Å²) in [6.07, 6.45) is 2.92. The third-order valence-corrected chi connectivity index (χ3v) is 4.37. The number of benzene rings is 2. The summed E-state index contributed by atoms with van der Waals surface area (Å²) in [7, 11) is 2.07. The van der Waals surface area contributed by atoms with Crippen LogP contribution in [0.3, 0.4) is 0 Å². The second-order valence-corrected chi connectivity index (χ2v) is 6.09. The van der Waals surface area contributed by atoms with Crippen LogP contribution in [-0.4, -0.2) is 4.57 Å². The average molecular weight is 320 g/mol. The molecule has 0 unspecified atom stereocenters. The first-order valence-electron chi connectivity index (χ1n) is 8.30. The molecule has 1 aromatic heterocycles. The normalized spacial score (nSPS) is 11.0. The lowest BCUT2D eigenvalue weighted by molar-refractivity contribution is 0.193. The first-order valence-corrected chi connectivity index (χ1v) is 8.30. The predicted octanol–water partition coefficient (Wildman–Crippen LogP) is 4.74. The summed E-state index contributed by atoms with van der Waals surface area (Å²) in [4.78, 5) is 0. The van der Waals surface area contributed by atoms with Gasteiger partial charge in [0.05, 0.1) is 5.76 Å². The maximum absolute atomic E-state index is 5.81. The van der Waals surface area contributed by atoms with Crippen LogP contribution < -0.4 is 5.73 Å². The van der Waals surface area contributed by atoms with Crippen LogP contribution in [0.2, 0.25) is 0 Å². The van der Waals surface area contributed by atoms with Crippen molar-refractivity contribution in [3.63, 3.8) is 0 Å². The van der Waals surface area contributed by atoms with Gasteiger partial charge in [-0.15, -0.1) is 0 Å². The highest BCUT2D eigenvalue weighted by atomic mass is 16.5. The Bertz CT molecular complexity index is 877. The third kappa shape index (κ3) is 3.22. The number of rotatable bonds is 6. The van der Waals surface area contributed by atoms with E-state index in [4.69, 9.17) is 10.5 Å². The van der Waals surface area contributed by atoms with Crippen molar-refractivity contribution in [1.82, 2.24) is 4.57 Å². The molecule has 0 bridgehead atoms.